The van der Waals surface area contributed by atoms with Crippen LogP contribution in [0.25, 0.3) is 11.3 Å². The Bertz CT molecular complexity index is 937. The lowest BCUT2D eigenvalue weighted by atomic mass is 10.1. The lowest BCUT2D eigenvalue weighted by Gasteiger charge is -2.36. The molecule has 4 rings (SSSR count). The highest BCUT2D eigenvalue weighted by molar-refractivity contribution is 5.85. The maximum atomic E-state index is 13.1. The number of benzene rings is 2. The molecule has 1 saturated heterocycles. The van der Waals surface area contributed by atoms with E-state index in [9.17, 15) is 9.18 Å². The maximum Gasteiger partial charge on any atom is 0.519 e. The molecule has 0 unspecified atom stereocenters. The van der Waals surface area contributed by atoms with Crippen LogP contribution >= 0.6 is 24.8 Å². The van der Waals surface area contributed by atoms with E-state index in [0.29, 0.717) is 23.5 Å². The summed E-state index contributed by atoms with van der Waals surface area (Å²) in [6.45, 7) is 4.60. The average molecular weight is 441 g/mol. The van der Waals surface area contributed by atoms with Crippen molar-refractivity contribution in [2.75, 3.05) is 37.6 Å². The topological polar surface area (TPSA) is 49.8 Å². The Morgan fingerprint density at radius 2 is 1.52 bits per heavy atom. The van der Waals surface area contributed by atoms with Gasteiger partial charge in [0.25, 0.3) is 0 Å². The molecular weight excluding hydrogens is 418 g/mol. The minimum Gasteiger partial charge on any atom is -0.395 e. The summed E-state index contributed by atoms with van der Waals surface area (Å²) in [4.78, 5) is 16.3. The van der Waals surface area contributed by atoms with Gasteiger partial charge in [0, 0.05) is 50.4 Å². The van der Waals surface area contributed by atoms with E-state index in [1.54, 1.807) is 12.1 Å². The number of hydrogen-bond donors (Lipinski definition) is 0. The highest BCUT2D eigenvalue weighted by Crippen LogP contribution is 2.24. The van der Waals surface area contributed by atoms with E-state index < -0.39 is 5.82 Å². The third-order valence-electron chi connectivity index (χ3n) is 4.90. The SMILES string of the molecule is Cl.Cl.O=c1oc(CCN2CCN(c3ccccc3)CC2)c(-c2ccc(F)cc2)o1. The van der Waals surface area contributed by atoms with Gasteiger partial charge in [-0.15, -0.1) is 24.8 Å². The van der Waals surface area contributed by atoms with E-state index in [4.69, 9.17) is 8.83 Å². The van der Waals surface area contributed by atoms with Crippen molar-refractivity contribution in [2.45, 2.75) is 6.42 Å². The Hall–Kier alpha value is -2.28. The number of para-hydroxylation sites is 1. The van der Waals surface area contributed by atoms with Crippen molar-refractivity contribution >= 4 is 30.5 Å². The summed E-state index contributed by atoms with van der Waals surface area (Å²) in [6.07, 6.45) is 0.573. The molecule has 0 radical (unpaired) electrons. The van der Waals surface area contributed by atoms with Gasteiger partial charge < -0.3 is 13.7 Å². The van der Waals surface area contributed by atoms with Gasteiger partial charge in [-0.25, -0.2) is 9.18 Å². The molecule has 0 aliphatic carbocycles. The predicted octanol–water partition coefficient (Wildman–Crippen LogP) is 4.25. The molecule has 0 amide bonds. The lowest BCUT2D eigenvalue weighted by molar-refractivity contribution is 0.254. The summed E-state index contributed by atoms with van der Waals surface area (Å²) in [7, 11) is 0. The summed E-state index contributed by atoms with van der Waals surface area (Å²) < 4.78 is 23.5. The maximum absolute atomic E-state index is 13.1. The van der Waals surface area contributed by atoms with E-state index in [1.165, 1.54) is 17.8 Å². The summed E-state index contributed by atoms with van der Waals surface area (Å²) in [5.41, 5.74) is 1.89. The van der Waals surface area contributed by atoms with Crippen LogP contribution in [0.3, 0.4) is 0 Å². The third-order valence-corrected chi connectivity index (χ3v) is 4.90. The van der Waals surface area contributed by atoms with Crippen LogP contribution in [-0.2, 0) is 6.42 Å². The van der Waals surface area contributed by atoms with Crippen LogP contribution in [-0.4, -0.2) is 37.6 Å². The number of hydrogen-bond acceptors (Lipinski definition) is 5. The van der Waals surface area contributed by atoms with E-state index in [-0.39, 0.29) is 30.6 Å². The van der Waals surface area contributed by atoms with Gasteiger partial charge in [0.1, 0.15) is 5.82 Å². The van der Waals surface area contributed by atoms with Crippen molar-refractivity contribution in [3.63, 3.8) is 0 Å². The highest BCUT2D eigenvalue weighted by Gasteiger charge is 2.20. The average Bonchev–Trinajstić information content (AvgIpc) is 3.08. The van der Waals surface area contributed by atoms with Gasteiger partial charge in [-0.05, 0) is 36.4 Å². The van der Waals surface area contributed by atoms with Crippen molar-refractivity contribution in [3.05, 3.63) is 76.8 Å². The van der Waals surface area contributed by atoms with E-state index >= 15 is 0 Å². The molecule has 29 heavy (non-hydrogen) atoms. The van der Waals surface area contributed by atoms with Crippen LogP contribution in [0, 0.1) is 5.82 Å². The van der Waals surface area contributed by atoms with Gasteiger partial charge >= 0.3 is 5.82 Å². The van der Waals surface area contributed by atoms with E-state index in [2.05, 4.69) is 34.1 Å². The minimum atomic E-state index is -0.724. The highest BCUT2D eigenvalue weighted by atomic mass is 35.5. The molecule has 2 heterocycles. The van der Waals surface area contributed by atoms with Crippen LogP contribution in [0.15, 0.2) is 68.2 Å². The standard InChI is InChI=1S/C21H21FN2O3.2ClH/c22-17-8-6-16(7-9-17)20-19(26-21(25)27-20)10-11-23-12-14-24(15-13-23)18-4-2-1-3-5-18;;/h1-9H,10-15H2;2*1H. The molecule has 1 aliphatic heterocycles. The van der Waals surface area contributed by atoms with Crippen LogP contribution < -0.4 is 10.7 Å². The fraction of sp³-hybridized carbons (Fsp3) is 0.286. The molecule has 0 saturated carbocycles. The molecule has 8 heteroatoms. The lowest BCUT2D eigenvalue weighted by Crippen LogP contribution is -2.47. The normalized spacial score (nSPS) is 14.2. The van der Waals surface area contributed by atoms with E-state index in [0.717, 1.165) is 32.7 Å². The van der Waals surface area contributed by atoms with Gasteiger partial charge in [0.05, 0.1) is 0 Å². The monoisotopic (exact) mass is 440 g/mol. The molecule has 5 nitrogen and oxygen atoms in total. The molecule has 156 valence electrons. The Morgan fingerprint density at radius 1 is 0.862 bits per heavy atom. The number of rotatable bonds is 5. The second-order valence-electron chi connectivity index (χ2n) is 6.63. The molecule has 1 aromatic heterocycles. The summed E-state index contributed by atoms with van der Waals surface area (Å²) in [5.74, 6) is -0.152. The van der Waals surface area contributed by atoms with Crippen LogP contribution in [0.2, 0.25) is 0 Å². The molecule has 0 bridgehead atoms. The predicted molar refractivity (Wildman–Crippen MR) is 116 cm³/mol. The zero-order chi connectivity index (χ0) is 18.6. The zero-order valence-corrected chi connectivity index (χ0v) is 17.4. The fourth-order valence-corrected chi connectivity index (χ4v) is 3.42. The van der Waals surface area contributed by atoms with Gasteiger partial charge in [-0.2, -0.15) is 0 Å². The van der Waals surface area contributed by atoms with Crippen LogP contribution in [0.5, 0.6) is 0 Å². The Balaban J connectivity index is 0.00000150. The fourth-order valence-electron chi connectivity index (χ4n) is 3.42. The van der Waals surface area contributed by atoms with E-state index in [1.807, 2.05) is 6.07 Å². The number of piperazine rings is 1. The molecule has 1 aliphatic rings. The van der Waals surface area contributed by atoms with Crippen molar-refractivity contribution in [2.24, 2.45) is 0 Å². The van der Waals surface area contributed by atoms with Crippen molar-refractivity contribution in [1.29, 1.82) is 0 Å². The molecule has 0 atom stereocenters. The molecule has 2 aromatic carbocycles. The first kappa shape index (κ1) is 23.0. The van der Waals surface area contributed by atoms with Gasteiger partial charge in [-0.1, -0.05) is 18.2 Å². The zero-order valence-electron chi connectivity index (χ0n) is 15.8. The van der Waals surface area contributed by atoms with Crippen LogP contribution in [0.4, 0.5) is 10.1 Å². The number of nitrogens with zero attached hydrogens (tertiary/aromatic N) is 2. The van der Waals surface area contributed by atoms with Gasteiger partial charge in [-0.3, -0.25) is 4.90 Å². The molecule has 3 aromatic rings. The quantitative estimate of drug-likeness (QED) is 0.593. The molecule has 1 fully saturated rings. The Kier molecular flexibility index (Phi) is 8.32. The van der Waals surface area contributed by atoms with Gasteiger partial charge in [0.15, 0.2) is 11.5 Å². The first-order chi connectivity index (χ1) is 13.2. The second kappa shape index (κ2) is 10.5. The largest absolute Gasteiger partial charge is 0.519 e. The molecule has 0 spiro atoms. The third kappa shape index (κ3) is 5.63. The summed E-state index contributed by atoms with van der Waals surface area (Å²) in [6, 6.07) is 16.3. The smallest absolute Gasteiger partial charge is 0.395 e. The Morgan fingerprint density at radius 3 is 2.17 bits per heavy atom. The first-order valence-electron chi connectivity index (χ1n) is 9.10. The van der Waals surface area contributed by atoms with Crippen LogP contribution in [0.1, 0.15) is 5.76 Å². The Labute approximate surface area is 180 Å². The summed E-state index contributed by atoms with van der Waals surface area (Å²) in [5, 5.41) is 0. The second-order valence-corrected chi connectivity index (χ2v) is 6.63. The van der Waals surface area contributed by atoms with Crippen molar-refractivity contribution < 1.29 is 13.2 Å². The minimum absolute atomic E-state index is 0. The van der Waals surface area contributed by atoms with Crippen molar-refractivity contribution in [3.8, 4) is 11.3 Å². The van der Waals surface area contributed by atoms with Crippen molar-refractivity contribution in [1.82, 2.24) is 4.90 Å². The number of halogens is 3. The van der Waals surface area contributed by atoms with Gasteiger partial charge in [0.2, 0.25) is 0 Å². The number of anilines is 1. The summed E-state index contributed by atoms with van der Waals surface area (Å²) >= 11 is 0. The molecule has 0 N–H and O–H groups in total. The first-order valence-corrected chi connectivity index (χ1v) is 9.10. The molecular formula is C21H23Cl2FN2O3.